The zero-order valence-electron chi connectivity index (χ0n) is 55.8. The van der Waals surface area contributed by atoms with Crippen molar-refractivity contribution in [1.29, 1.82) is 0 Å². The summed E-state index contributed by atoms with van der Waals surface area (Å²) in [6.45, 7) is 0.0974. The van der Waals surface area contributed by atoms with Crippen molar-refractivity contribution in [3.05, 3.63) is 0 Å². The first-order valence-corrected chi connectivity index (χ1v) is 32.4. The van der Waals surface area contributed by atoms with Gasteiger partial charge in [0.05, 0.1) is 19.3 Å². The lowest BCUT2D eigenvalue weighted by atomic mass is 10.0. The Morgan fingerprint density at radius 1 is 0.418 bits per heavy atom. The van der Waals surface area contributed by atoms with Crippen molar-refractivity contribution in [2.24, 2.45) is 105 Å². The predicted octanol–water partition coefficient (Wildman–Crippen LogP) is -12.3. The Morgan fingerprint density at radius 3 is 0.969 bits per heavy atom. The SMILES string of the molecule is C[C@@H](O)[C@H](N)C(=O)N1CCC[C@H]1C(=O)N[C@@H](CCCN=C(N)N)C(=O)N[C@@H](CO)C(=O)N[C@@H](CCCN=C(N)N)C(=O)N[C@@H](CCCN=C(N)N)C(=O)N[C@@H](CCCN=C(N)N)C(=O)N[C@@H](CCCCN)C(=O)N[C@@H](CCCCN)C(=O)N[C@@H](CCCN=C(N)N)C(=O)NCC(N)=O. The molecule has 0 bridgehead atoms. The number of carbonyl (C=O) groups excluding carboxylic acids is 11. The van der Waals surface area contributed by atoms with E-state index in [9.17, 15) is 63.0 Å². The molecule has 1 aliphatic heterocycles. The molecule has 0 aromatic heterocycles. The number of aliphatic hydroxyl groups excluding tert-OH is 2. The van der Waals surface area contributed by atoms with Crippen molar-refractivity contribution in [2.45, 2.75) is 189 Å². The highest BCUT2D eigenvalue weighted by molar-refractivity contribution is 5.99. The van der Waals surface area contributed by atoms with Gasteiger partial charge in [-0.1, -0.05) is 0 Å². The van der Waals surface area contributed by atoms with Crippen LogP contribution in [0.5, 0.6) is 0 Å². The van der Waals surface area contributed by atoms with Gasteiger partial charge in [-0.05, 0) is 136 Å². The molecule has 1 rings (SSSR count). The number of hydrogen-bond donors (Lipinski definition) is 25. The van der Waals surface area contributed by atoms with Gasteiger partial charge in [0.15, 0.2) is 29.8 Å². The molecular weight excluding hydrogens is 1290 g/mol. The van der Waals surface area contributed by atoms with E-state index in [1.165, 1.54) is 11.8 Å². The minimum absolute atomic E-state index is 0.00153. The van der Waals surface area contributed by atoms with E-state index in [-0.39, 0.29) is 172 Å². The normalized spacial score (nSPS) is 15.5. The topological polar surface area (TPSA) is 766 Å². The van der Waals surface area contributed by atoms with Crippen molar-refractivity contribution in [3.8, 4) is 0 Å². The lowest BCUT2D eigenvalue weighted by Gasteiger charge is -2.29. The third-order valence-corrected chi connectivity index (χ3v) is 14.9. The molecule has 42 nitrogen and oxygen atoms in total. The number of amides is 11. The second-order valence-corrected chi connectivity index (χ2v) is 23.1. The average molecular weight is 1400 g/mol. The molecule has 11 amide bonds. The second-order valence-electron chi connectivity index (χ2n) is 23.1. The third kappa shape index (κ3) is 35.9. The van der Waals surface area contributed by atoms with E-state index in [0.29, 0.717) is 25.7 Å². The molecule has 98 heavy (non-hydrogen) atoms. The molecule has 0 saturated carbocycles. The lowest BCUT2D eigenvalue weighted by Crippen LogP contribution is -2.61. The highest BCUT2D eigenvalue weighted by Gasteiger charge is 2.40. The fourth-order valence-electron chi connectivity index (χ4n) is 9.75. The zero-order chi connectivity index (χ0) is 73.9. The highest BCUT2D eigenvalue weighted by Crippen LogP contribution is 2.20. The minimum atomic E-state index is -1.81. The maximum absolute atomic E-state index is 14.7. The van der Waals surface area contributed by atoms with Crippen LogP contribution in [0.1, 0.15) is 122 Å². The summed E-state index contributed by atoms with van der Waals surface area (Å²) in [5.41, 5.74) is 78.0. The molecular formula is C56H109N29O13. The Labute approximate surface area is 568 Å². The number of hydrogen-bond acceptors (Lipinski definition) is 21. The van der Waals surface area contributed by atoms with Crippen LogP contribution >= 0.6 is 0 Å². The van der Waals surface area contributed by atoms with Crippen LogP contribution in [0.25, 0.3) is 0 Å². The summed E-state index contributed by atoms with van der Waals surface area (Å²) in [6, 6.07) is -14.4. The van der Waals surface area contributed by atoms with Crippen LogP contribution in [0.4, 0.5) is 0 Å². The molecule has 42 heteroatoms. The number of rotatable bonds is 50. The Balaban J connectivity index is 3.81. The minimum Gasteiger partial charge on any atom is -0.394 e. The van der Waals surface area contributed by atoms with Gasteiger partial charge in [0, 0.05) is 39.3 Å². The van der Waals surface area contributed by atoms with Crippen molar-refractivity contribution < 1.29 is 63.0 Å². The first-order valence-electron chi connectivity index (χ1n) is 32.4. The second kappa shape index (κ2) is 48.1. The largest absolute Gasteiger partial charge is 0.394 e. The van der Waals surface area contributed by atoms with Crippen LogP contribution in [0, 0.1) is 0 Å². The summed E-state index contributed by atoms with van der Waals surface area (Å²) in [5.74, 6) is -11.2. The maximum Gasteiger partial charge on any atom is 0.245 e. The van der Waals surface area contributed by atoms with Crippen molar-refractivity contribution in [1.82, 2.24) is 52.8 Å². The van der Waals surface area contributed by atoms with Crippen molar-refractivity contribution in [2.75, 3.05) is 65.5 Å². The molecule has 0 aromatic rings. The van der Waals surface area contributed by atoms with Crippen molar-refractivity contribution in [3.63, 3.8) is 0 Å². The summed E-state index contributed by atoms with van der Waals surface area (Å²) in [4.78, 5) is 173. The summed E-state index contributed by atoms with van der Waals surface area (Å²) >= 11 is 0. The molecule has 0 aliphatic carbocycles. The van der Waals surface area contributed by atoms with Crippen LogP contribution in [0.15, 0.2) is 25.0 Å². The number of nitrogens with two attached hydrogens (primary N) is 14. The van der Waals surface area contributed by atoms with Crippen LogP contribution in [0.2, 0.25) is 0 Å². The fraction of sp³-hybridized carbons (Fsp3) is 0.714. The van der Waals surface area contributed by atoms with Gasteiger partial charge in [-0.15, -0.1) is 0 Å². The number of aliphatic hydroxyl groups is 2. The molecule has 0 unspecified atom stereocenters. The van der Waals surface area contributed by atoms with Gasteiger partial charge >= 0.3 is 0 Å². The van der Waals surface area contributed by atoms with Gasteiger partial charge in [-0.2, -0.15) is 0 Å². The van der Waals surface area contributed by atoms with Gasteiger partial charge in [-0.25, -0.2) is 0 Å². The summed E-state index contributed by atoms with van der Waals surface area (Å²) in [7, 11) is 0. The van der Waals surface area contributed by atoms with E-state index in [1.807, 2.05) is 0 Å². The van der Waals surface area contributed by atoms with Gasteiger partial charge in [0.2, 0.25) is 65.0 Å². The van der Waals surface area contributed by atoms with Gasteiger partial charge < -0.3 is 143 Å². The Kier molecular flexibility index (Phi) is 42.4. The smallest absolute Gasteiger partial charge is 0.245 e. The molecule has 0 aromatic carbocycles. The van der Waals surface area contributed by atoms with Crippen LogP contribution < -0.4 is 128 Å². The highest BCUT2D eigenvalue weighted by atomic mass is 16.3. The molecule has 1 aliphatic rings. The number of unbranched alkanes of at least 4 members (excludes halogenated alkanes) is 2. The zero-order valence-corrected chi connectivity index (χ0v) is 55.8. The quantitative estimate of drug-likeness (QED) is 0.0153. The van der Waals surface area contributed by atoms with Crippen molar-refractivity contribution >= 4 is 94.8 Å². The number of guanidine groups is 5. The molecule has 1 fully saturated rings. The van der Waals surface area contributed by atoms with Crippen LogP contribution in [0.3, 0.4) is 0 Å². The summed E-state index contributed by atoms with van der Waals surface area (Å²) in [5, 5.41) is 43.6. The Morgan fingerprint density at radius 2 is 0.694 bits per heavy atom. The number of aliphatic imine (C=N–C) groups is 5. The van der Waals surface area contributed by atoms with E-state index in [1.54, 1.807) is 0 Å². The predicted molar refractivity (Wildman–Crippen MR) is 364 cm³/mol. The Bertz CT molecular complexity index is 2720. The standard InChI is InChI=1S/C56H109N29O13/c1-30(87)41(60)51(98)85-27-11-19-39(85)50(97)83-37(18-10-26-75-56(69)70)48(95)84-38(29-86)49(96)82-36(17-9-25-74-55(67)68)47(94)81-35(16-8-24-73-54(65)66)46(93)80-34(15-7-23-72-53(63)64)45(92)79-33(13-3-5-21-58)44(91)78-32(12-2-4-20-57)43(90)77-31(14-6-22-71-52(61)62)42(89)76-28-40(59)88/h30-39,41,86-87H,2-29,57-58,60H2,1H3,(H2,59,88)(H,76,89)(H,77,90)(H,78,91)(H,79,92)(H,80,93)(H,81,94)(H,82,96)(H,83,97)(H,84,95)(H4,61,62,71)(H4,63,64,72)(H4,65,66,73)(H4,67,68,74)(H4,69,70,75)/t30-,31+,32+,33+,34+,35+,36+,37+,38+,39+,41+/m1/s1. The average Bonchev–Trinajstić information content (AvgIpc) is 1.48. The first kappa shape index (κ1) is 86.3. The molecule has 0 radical (unpaired) electrons. The van der Waals surface area contributed by atoms with E-state index in [2.05, 4.69) is 72.8 Å². The fourth-order valence-corrected chi connectivity index (χ4v) is 9.75. The molecule has 0 spiro atoms. The van der Waals surface area contributed by atoms with Gasteiger partial charge in [0.1, 0.15) is 60.4 Å². The molecule has 1 heterocycles. The lowest BCUT2D eigenvalue weighted by molar-refractivity contribution is -0.142. The molecule has 39 N–H and O–H groups in total. The number of nitrogens with one attached hydrogen (secondary N) is 9. The van der Waals surface area contributed by atoms with E-state index < -0.39 is 145 Å². The summed E-state index contributed by atoms with van der Waals surface area (Å²) in [6.07, 6.45) is 0.188. The van der Waals surface area contributed by atoms with Crippen LogP contribution in [-0.2, 0) is 52.7 Å². The Hall–Kier alpha value is -9.68. The van der Waals surface area contributed by atoms with Crippen LogP contribution in [-0.4, -0.2) is 242 Å². The number of primary amides is 1. The maximum atomic E-state index is 14.7. The molecule has 1 saturated heterocycles. The van der Waals surface area contributed by atoms with Gasteiger partial charge in [-0.3, -0.25) is 77.7 Å². The van der Waals surface area contributed by atoms with E-state index in [4.69, 9.17) is 80.3 Å². The van der Waals surface area contributed by atoms with E-state index >= 15 is 0 Å². The monoisotopic (exact) mass is 1400 g/mol. The van der Waals surface area contributed by atoms with E-state index in [0.717, 1.165) is 0 Å². The number of likely N-dealkylation sites (tertiary alicyclic amines) is 1. The molecule has 556 valence electrons. The number of nitrogens with zero attached hydrogens (tertiary/aromatic N) is 6. The first-order chi connectivity index (χ1) is 46.4. The van der Waals surface area contributed by atoms with Gasteiger partial charge in [0.25, 0.3) is 0 Å². The number of carbonyl (C=O) groups is 11. The summed E-state index contributed by atoms with van der Waals surface area (Å²) < 4.78 is 0. The molecule has 11 atom stereocenters. The third-order valence-electron chi connectivity index (χ3n) is 14.9.